The van der Waals surface area contributed by atoms with Crippen LogP contribution in [0.2, 0.25) is 0 Å². The van der Waals surface area contributed by atoms with Crippen molar-refractivity contribution in [2.24, 2.45) is 0 Å². The van der Waals surface area contributed by atoms with Crippen molar-refractivity contribution in [3.05, 3.63) is 188 Å². The van der Waals surface area contributed by atoms with Crippen LogP contribution in [0.25, 0.3) is 116 Å². The molecule has 3 aromatic heterocycles. The zero-order valence-corrected chi connectivity index (χ0v) is 30.1. The van der Waals surface area contributed by atoms with E-state index in [2.05, 4.69) is 174 Å². The second-order valence-corrected chi connectivity index (χ2v) is 14.6. The van der Waals surface area contributed by atoms with Gasteiger partial charge in [-0.25, -0.2) is 9.97 Å². The minimum absolute atomic E-state index is 0.624. The lowest BCUT2D eigenvalue weighted by Gasteiger charge is -2.13. The van der Waals surface area contributed by atoms with Gasteiger partial charge in [-0.1, -0.05) is 127 Å². The van der Waals surface area contributed by atoms with Crippen molar-refractivity contribution in [3.8, 4) is 39.5 Å². The van der Waals surface area contributed by atoms with Gasteiger partial charge >= 0.3 is 0 Å². The van der Waals surface area contributed by atoms with Gasteiger partial charge < -0.3 is 4.42 Å². The highest BCUT2D eigenvalue weighted by Crippen LogP contribution is 2.40. The standard InChI is InChI=1S/C52H31N3O/c1-2-10-32(11-3-1)38-21-24-46-45(29-38)51(40-20-23-42-41-16-8-9-17-49(41)56-50(42)31-40)54-52(53-46)55-47-25-22-39(37-19-18-33-12-4-5-13-34(33)26-37)28-43(47)44-27-35-14-6-7-15-36(35)30-48(44)55/h1-31H. The Morgan fingerprint density at radius 2 is 0.964 bits per heavy atom. The highest BCUT2D eigenvalue weighted by atomic mass is 16.3. The predicted molar refractivity (Wildman–Crippen MR) is 232 cm³/mol. The van der Waals surface area contributed by atoms with Gasteiger partial charge in [0.25, 0.3) is 0 Å². The fourth-order valence-electron chi connectivity index (χ4n) is 8.59. The first kappa shape index (κ1) is 30.9. The number of fused-ring (bicyclic) bond motifs is 9. The number of para-hydroxylation sites is 1. The van der Waals surface area contributed by atoms with Gasteiger partial charge in [-0.3, -0.25) is 4.57 Å². The minimum atomic E-state index is 0.624. The van der Waals surface area contributed by atoms with E-state index in [0.29, 0.717) is 5.95 Å². The first-order valence-electron chi connectivity index (χ1n) is 19.0. The lowest BCUT2D eigenvalue weighted by atomic mass is 9.99. The van der Waals surface area contributed by atoms with E-state index in [1.54, 1.807) is 0 Å². The van der Waals surface area contributed by atoms with Crippen LogP contribution in [0.1, 0.15) is 0 Å². The lowest BCUT2D eigenvalue weighted by Crippen LogP contribution is -2.03. The average molecular weight is 714 g/mol. The molecule has 56 heavy (non-hydrogen) atoms. The molecule has 0 unspecified atom stereocenters. The normalized spacial score (nSPS) is 11.9. The molecule has 260 valence electrons. The van der Waals surface area contributed by atoms with Crippen LogP contribution in [0.15, 0.2) is 192 Å². The number of hydrogen-bond donors (Lipinski definition) is 0. The third kappa shape index (κ3) is 4.79. The Morgan fingerprint density at radius 3 is 1.84 bits per heavy atom. The lowest BCUT2D eigenvalue weighted by molar-refractivity contribution is 0.669. The van der Waals surface area contributed by atoms with Crippen LogP contribution in [-0.2, 0) is 0 Å². The summed E-state index contributed by atoms with van der Waals surface area (Å²) in [7, 11) is 0. The van der Waals surface area contributed by atoms with Gasteiger partial charge in [-0.2, -0.15) is 0 Å². The second-order valence-electron chi connectivity index (χ2n) is 14.6. The number of furan rings is 1. The summed E-state index contributed by atoms with van der Waals surface area (Å²) in [5, 5.41) is 10.3. The summed E-state index contributed by atoms with van der Waals surface area (Å²) in [6.07, 6.45) is 0. The number of aromatic nitrogens is 3. The summed E-state index contributed by atoms with van der Waals surface area (Å²) in [5.74, 6) is 0.624. The van der Waals surface area contributed by atoms with Crippen LogP contribution in [-0.4, -0.2) is 14.5 Å². The molecular weight excluding hydrogens is 683 g/mol. The molecule has 4 nitrogen and oxygen atoms in total. The highest BCUT2D eigenvalue weighted by Gasteiger charge is 2.20. The maximum atomic E-state index is 6.40. The maximum absolute atomic E-state index is 6.40. The predicted octanol–water partition coefficient (Wildman–Crippen LogP) is 13.9. The van der Waals surface area contributed by atoms with Gasteiger partial charge in [-0.15, -0.1) is 0 Å². The van der Waals surface area contributed by atoms with Gasteiger partial charge in [0, 0.05) is 32.5 Å². The first-order chi connectivity index (χ1) is 27.7. The van der Waals surface area contributed by atoms with Gasteiger partial charge in [0.1, 0.15) is 11.2 Å². The Morgan fingerprint density at radius 1 is 0.339 bits per heavy atom. The summed E-state index contributed by atoms with van der Waals surface area (Å²) in [6.45, 7) is 0. The average Bonchev–Trinajstić information content (AvgIpc) is 3.79. The van der Waals surface area contributed by atoms with Crippen molar-refractivity contribution in [3.63, 3.8) is 0 Å². The molecular formula is C52H31N3O. The van der Waals surface area contributed by atoms with E-state index in [9.17, 15) is 0 Å². The van der Waals surface area contributed by atoms with E-state index < -0.39 is 0 Å². The molecule has 0 amide bonds. The van der Waals surface area contributed by atoms with E-state index in [4.69, 9.17) is 14.4 Å². The van der Waals surface area contributed by atoms with Crippen LogP contribution < -0.4 is 0 Å². The highest BCUT2D eigenvalue weighted by molar-refractivity contribution is 6.15. The molecule has 0 N–H and O–H groups in total. The van der Waals surface area contributed by atoms with Crippen LogP contribution in [0, 0.1) is 0 Å². The van der Waals surface area contributed by atoms with E-state index in [1.165, 1.54) is 32.7 Å². The summed E-state index contributed by atoms with van der Waals surface area (Å²) in [6, 6.07) is 66.9. The summed E-state index contributed by atoms with van der Waals surface area (Å²) < 4.78 is 8.65. The van der Waals surface area contributed by atoms with Gasteiger partial charge in [0.05, 0.1) is 22.2 Å². The molecule has 0 aliphatic carbocycles. The zero-order valence-electron chi connectivity index (χ0n) is 30.1. The third-order valence-electron chi connectivity index (χ3n) is 11.4. The molecule has 0 fully saturated rings. The van der Waals surface area contributed by atoms with Crippen molar-refractivity contribution < 1.29 is 4.42 Å². The summed E-state index contributed by atoms with van der Waals surface area (Å²) in [5.41, 5.74) is 11.1. The summed E-state index contributed by atoms with van der Waals surface area (Å²) >= 11 is 0. The number of nitrogens with zero attached hydrogens (tertiary/aromatic N) is 3. The largest absolute Gasteiger partial charge is 0.456 e. The number of hydrogen-bond acceptors (Lipinski definition) is 3. The molecule has 4 heteroatoms. The fraction of sp³-hybridized carbons (Fsp3) is 0. The second kappa shape index (κ2) is 12.0. The molecule has 0 radical (unpaired) electrons. The topological polar surface area (TPSA) is 43.9 Å². The molecule has 0 spiro atoms. The summed E-state index contributed by atoms with van der Waals surface area (Å²) in [4.78, 5) is 10.9. The van der Waals surface area contributed by atoms with Crippen LogP contribution in [0.5, 0.6) is 0 Å². The molecule has 0 saturated heterocycles. The third-order valence-corrected chi connectivity index (χ3v) is 11.4. The Kier molecular flexibility index (Phi) is 6.60. The van der Waals surface area contributed by atoms with E-state index in [0.717, 1.165) is 77.0 Å². The van der Waals surface area contributed by atoms with Crippen LogP contribution in [0.3, 0.4) is 0 Å². The molecule has 0 aliphatic heterocycles. The molecule has 0 atom stereocenters. The van der Waals surface area contributed by atoms with Crippen molar-refractivity contribution in [1.82, 2.24) is 14.5 Å². The molecule has 0 bridgehead atoms. The Labute approximate surface area is 321 Å². The maximum Gasteiger partial charge on any atom is 0.235 e. The van der Waals surface area contributed by atoms with E-state index in [-0.39, 0.29) is 0 Å². The van der Waals surface area contributed by atoms with Crippen molar-refractivity contribution in [2.45, 2.75) is 0 Å². The number of benzene rings is 9. The molecule has 0 aliphatic rings. The number of rotatable bonds is 4. The Hall–Kier alpha value is -7.56. The molecule has 12 aromatic rings. The fourth-order valence-corrected chi connectivity index (χ4v) is 8.59. The Balaban J connectivity index is 1.13. The van der Waals surface area contributed by atoms with E-state index in [1.807, 2.05) is 18.2 Å². The smallest absolute Gasteiger partial charge is 0.235 e. The molecule has 9 aromatic carbocycles. The van der Waals surface area contributed by atoms with Crippen molar-refractivity contribution >= 4 is 76.2 Å². The first-order valence-corrected chi connectivity index (χ1v) is 19.0. The van der Waals surface area contributed by atoms with Crippen LogP contribution >= 0.6 is 0 Å². The van der Waals surface area contributed by atoms with Gasteiger partial charge in [0.15, 0.2) is 0 Å². The SMILES string of the molecule is c1ccc(-c2ccc3nc(-n4c5ccc(-c6ccc7ccccc7c6)cc5c5cc6ccccc6cc54)nc(-c4ccc5c(c4)oc4ccccc45)c3c2)cc1. The van der Waals surface area contributed by atoms with Crippen LogP contribution in [0.4, 0.5) is 0 Å². The van der Waals surface area contributed by atoms with E-state index >= 15 is 0 Å². The van der Waals surface area contributed by atoms with Crippen molar-refractivity contribution in [1.29, 1.82) is 0 Å². The zero-order chi connectivity index (χ0) is 36.7. The monoisotopic (exact) mass is 713 g/mol. The van der Waals surface area contributed by atoms with Gasteiger partial charge in [-0.05, 0) is 104 Å². The molecule has 3 heterocycles. The van der Waals surface area contributed by atoms with Crippen molar-refractivity contribution in [2.75, 3.05) is 0 Å². The minimum Gasteiger partial charge on any atom is -0.456 e. The quantitative estimate of drug-likeness (QED) is 0.182. The molecule has 12 rings (SSSR count). The van der Waals surface area contributed by atoms with Gasteiger partial charge in [0.2, 0.25) is 5.95 Å². The Bertz CT molecular complexity index is 3540. The molecule has 0 saturated carbocycles.